The highest BCUT2D eigenvalue weighted by molar-refractivity contribution is 5.95. The first kappa shape index (κ1) is 15.2. The molecule has 21 heavy (non-hydrogen) atoms. The number of nitro groups is 1. The Balaban J connectivity index is 2.15. The van der Waals surface area contributed by atoms with Gasteiger partial charge in [-0.2, -0.15) is 0 Å². The average Bonchev–Trinajstić information content (AvgIpc) is 2.53. The molecule has 1 heterocycles. The van der Waals surface area contributed by atoms with Crippen molar-refractivity contribution in [1.29, 1.82) is 0 Å². The fourth-order valence-corrected chi connectivity index (χ4v) is 2.46. The van der Waals surface area contributed by atoms with Gasteiger partial charge in [-0.1, -0.05) is 0 Å². The summed E-state index contributed by atoms with van der Waals surface area (Å²) in [4.78, 5) is 24.4. The highest BCUT2D eigenvalue weighted by atomic mass is 16.6. The van der Waals surface area contributed by atoms with Crippen molar-refractivity contribution in [1.82, 2.24) is 4.90 Å². The highest BCUT2D eigenvalue weighted by Gasteiger charge is 2.25. The van der Waals surface area contributed by atoms with Crippen molar-refractivity contribution in [3.63, 3.8) is 0 Å². The largest absolute Gasteiger partial charge is 0.490 e. The third-order valence-corrected chi connectivity index (χ3v) is 3.78. The molecule has 7 heteroatoms. The van der Waals surface area contributed by atoms with Gasteiger partial charge in [0.05, 0.1) is 12.0 Å². The third-order valence-electron chi connectivity index (χ3n) is 3.78. The van der Waals surface area contributed by atoms with Crippen molar-refractivity contribution >= 4 is 11.6 Å². The monoisotopic (exact) mass is 294 g/mol. The maximum absolute atomic E-state index is 12.4. The van der Waals surface area contributed by atoms with Crippen LogP contribution in [-0.4, -0.2) is 47.6 Å². The molecule has 0 aromatic heterocycles. The smallest absolute Gasteiger partial charge is 0.310 e. The zero-order chi connectivity index (χ0) is 15.4. The van der Waals surface area contributed by atoms with Crippen molar-refractivity contribution in [3.8, 4) is 5.75 Å². The Morgan fingerprint density at radius 3 is 2.67 bits per heavy atom. The molecule has 0 spiro atoms. The number of benzene rings is 1. The van der Waals surface area contributed by atoms with Crippen LogP contribution in [0.15, 0.2) is 18.2 Å². The molecule has 0 radical (unpaired) electrons. The molecule has 114 valence electrons. The van der Waals surface area contributed by atoms with Crippen LogP contribution in [0, 0.1) is 16.0 Å². The molecule has 2 rings (SSSR count). The van der Waals surface area contributed by atoms with Gasteiger partial charge in [-0.05, 0) is 24.8 Å². The van der Waals surface area contributed by atoms with E-state index in [2.05, 4.69) is 0 Å². The molecule has 1 saturated heterocycles. The molecule has 1 aliphatic rings. The number of piperidine rings is 1. The fraction of sp³-hybridized carbons (Fsp3) is 0.500. The molecular weight excluding hydrogens is 276 g/mol. The highest BCUT2D eigenvalue weighted by Crippen LogP contribution is 2.28. The number of aliphatic hydroxyl groups excluding tert-OH is 1. The zero-order valence-corrected chi connectivity index (χ0v) is 11.8. The summed E-state index contributed by atoms with van der Waals surface area (Å²) < 4.78 is 4.97. The number of carbonyl (C=O) groups is 1. The number of nitro benzene ring substituents is 1. The number of hydrogen-bond donors (Lipinski definition) is 1. The van der Waals surface area contributed by atoms with E-state index in [0.717, 1.165) is 12.8 Å². The molecular formula is C14H18N2O5. The van der Waals surface area contributed by atoms with Crippen LogP contribution < -0.4 is 4.74 Å². The summed E-state index contributed by atoms with van der Waals surface area (Å²) in [5.74, 6) is 0.163. The summed E-state index contributed by atoms with van der Waals surface area (Å²) in [5.41, 5.74) is 0.216. The maximum Gasteiger partial charge on any atom is 0.310 e. The summed E-state index contributed by atoms with van der Waals surface area (Å²) in [6, 6.07) is 4.13. The maximum atomic E-state index is 12.4. The van der Waals surface area contributed by atoms with Gasteiger partial charge < -0.3 is 14.7 Å². The van der Waals surface area contributed by atoms with Gasteiger partial charge in [0.2, 0.25) is 0 Å². The predicted octanol–water partition coefficient (Wildman–Crippen LogP) is 1.45. The number of hydrogen-bond acceptors (Lipinski definition) is 5. The van der Waals surface area contributed by atoms with Crippen molar-refractivity contribution in [3.05, 3.63) is 33.9 Å². The Labute approximate surface area is 122 Å². The predicted molar refractivity (Wildman–Crippen MR) is 75.4 cm³/mol. The molecule has 0 atom stereocenters. The van der Waals surface area contributed by atoms with Gasteiger partial charge >= 0.3 is 5.69 Å². The SMILES string of the molecule is COc1cc(C(=O)N2CCC(CO)CC2)ccc1[N+](=O)[O-]. The van der Waals surface area contributed by atoms with Crippen molar-refractivity contribution in [2.24, 2.45) is 5.92 Å². The Bertz CT molecular complexity index is 538. The van der Waals surface area contributed by atoms with E-state index < -0.39 is 4.92 Å². The third kappa shape index (κ3) is 3.30. The van der Waals surface area contributed by atoms with Gasteiger partial charge in [-0.3, -0.25) is 14.9 Å². The van der Waals surface area contributed by atoms with Crippen molar-refractivity contribution in [2.45, 2.75) is 12.8 Å². The molecule has 1 aliphatic heterocycles. The molecule has 1 amide bonds. The van der Waals surface area contributed by atoms with Crippen LogP contribution in [0.4, 0.5) is 5.69 Å². The minimum atomic E-state index is -0.542. The number of likely N-dealkylation sites (tertiary alicyclic amines) is 1. The lowest BCUT2D eigenvalue weighted by atomic mass is 9.97. The van der Waals surface area contributed by atoms with Crippen LogP contribution >= 0.6 is 0 Å². The van der Waals surface area contributed by atoms with E-state index >= 15 is 0 Å². The summed E-state index contributed by atoms with van der Waals surface area (Å²) in [5, 5.41) is 19.9. The summed E-state index contributed by atoms with van der Waals surface area (Å²) in [6.45, 7) is 1.32. The average molecular weight is 294 g/mol. The minimum Gasteiger partial charge on any atom is -0.490 e. The number of methoxy groups -OCH3 is 1. The first-order valence-corrected chi connectivity index (χ1v) is 6.79. The van der Waals surface area contributed by atoms with Crippen molar-refractivity contribution in [2.75, 3.05) is 26.8 Å². The number of aliphatic hydroxyl groups is 1. The number of rotatable bonds is 4. The van der Waals surface area contributed by atoms with Crippen LogP contribution in [0.2, 0.25) is 0 Å². The molecule has 7 nitrogen and oxygen atoms in total. The van der Waals surface area contributed by atoms with Crippen LogP contribution in [0.5, 0.6) is 5.75 Å². The number of carbonyl (C=O) groups excluding carboxylic acids is 1. The standard InChI is InChI=1S/C14H18N2O5/c1-21-13-8-11(2-3-12(13)16(19)20)14(18)15-6-4-10(9-17)5-7-15/h2-3,8,10,17H,4-7,9H2,1H3. The Morgan fingerprint density at radius 1 is 1.48 bits per heavy atom. The first-order valence-electron chi connectivity index (χ1n) is 6.79. The first-order chi connectivity index (χ1) is 10.1. The lowest BCUT2D eigenvalue weighted by Gasteiger charge is -2.31. The van der Waals surface area contributed by atoms with Crippen LogP contribution in [0.1, 0.15) is 23.2 Å². The van der Waals surface area contributed by atoms with E-state index in [9.17, 15) is 14.9 Å². The number of amides is 1. The van der Waals surface area contributed by atoms with Gasteiger partial charge in [0.1, 0.15) is 0 Å². The van der Waals surface area contributed by atoms with Crippen LogP contribution in [0.3, 0.4) is 0 Å². The summed E-state index contributed by atoms with van der Waals surface area (Å²) >= 11 is 0. The van der Waals surface area contributed by atoms with E-state index in [1.807, 2.05) is 0 Å². The molecule has 1 N–H and O–H groups in total. The minimum absolute atomic E-state index is 0.0797. The second-order valence-electron chi connectivity index (χ2n) is 5.06. The Hall–Kier alpha value is -2.15. The number of nitrogens with zero attached hydrogens (tertiary/aromatic N) is 2. The second-order valence-corrected chi connectivity index (χ2v) is 5.06. The molecule has 1 fully saturated rings. The van der Waals surface area contributed by atoms with Gasteiger partial charge in [-0.15, -0.1) is 0 Å². The van der Waals surface area contributed by atoms with Crippen LogP contribution in [0.25, 0.3) is 0 Å². The second kappa shape index (κ2) is 6.53. The molecule has 0 unspecified atom stereocenters. The molecule has 0 aliphatic carbocycles. The van der Waals surface area contributed by atoms with Gasteiger partial charge in [-0.25, -0.2) is 0 Å². The van der Waals surface area contributed by atoms with E-state index in [1.54, 1.807) is 4.90 Å². The van der Waals surface area contributed by atoms with E-state index in [4.69, 9.17) is 9.84 Å². The number of ether oxygens (including phenoxy) is 1. The quantitative estimate of drug-likeness (QED) is 0.670. The van der Waals surface area contributed by atoms with Gasteiger partial charge in [0, 0.05) is 37.4 Å². The Kier molecular flexibility index (Phi) is 4.74. The lowest BCUT2D eigenvalue weighted by Crippen LogP contribution is -2.39. The van der Waals surface area contributed by atoms with E-state index in [0.29, 0.717) is 18.7 Å². The topological polar surface area (TPSA) is 92.9 Å². The van der Waals surface area contributed by atoms with Gasteiger partial charge in [0.25, 0.3) is 5.91 Å². The molecule has 1 aromatic carbocycles. The fourth-order valence-electron chi connectivity index (χ4n) is 2.46. The molecule has 0 saturated carbocycles. The Morgan fingerprint density at radius 2 is 2.14 bits per heavy atom. The zero-order valence-electron chi connectivity index (χ0n) is 11.8. The lowest BCUT2D eigenvalue weighted by molar-refractivity contribution is -0.385. The van der Waals surface area contributed by atoms with E-state index in [1.165, 1.54) is 25.3 Å². The van der Waals surface area contributed by atoms with Crippen molar-refractivity contribution < 1.29 is 19.6 Å². The molecule has 1 aromatic rings. The van der Waals surface area contributed by atoms with Gasteiger partial charge in [0.15, 0.2) is 5.75 Å². The normalized spacial score (nSPS) is 15.8. The summed E-state index contributed by atoms with van der Waals surface area (Å²) in [7, 11) is 1.34. The summed E-state index contributed by atoms with van der Waals surface area (Å²) in [6.07, 6.45) is 1.54. The molecule has 0 bridgehead atoms. The van der Waals surface area contributed by atoms with E-state index in [-0.39, 0.29) is 29.9 Å². The van der Waals surface area contributed by atoms with Crippen LogP contribution in [-0.2, 0) is 0 Å².